The molecule has 1 N–H and O–H groups in total. The zero-order chi connectivity index (χ0) is 19.5. The van der Waals surface area contributed by atoms with E-state index in [4.69, 9.17) is 0 Å². The van der Waals surface area contributed by atoms with Crippen LogP contribution in [-0.2, 0) is 28.1 Å². The Morgan fingerprint density at radius 1 is 1.11 bits per heavy atom. The Kier molecular flexibility index (Phi) is 3.59. The van der Waals surface area contributed by atoms with Crippen LogP contribution in [0, 0.1) is 5.82 Å². The zero-order valence-corrected chi connectivity index (χ0v) is 15.5. The van der Waals surface area contributed by atoms with Crippen molar-refractivity contribution < 1.29 is 14.0 Å². The molecular formula is C22H20FN3O2. The molecule has 0 radical (unpaired) electrons. The number of piperazine rings is 1. The summed E-state index contributed by atoms with van der Waals surface area (Å²) in [6.07, 6.45) is 0.710. The van der Waals surface area contributed by atoms with Crippen LogP contribution in [0.15, 0.2) is 48.5 Å². The van der Waals surface area contributed by atoms with Crippen molar-refractivity contribution in [3.8, 4) is 0 Å². The number of rotatable bonds is 2. The number of H-pyrrole nitrogens is 1. The number of halogens is 1. The molecule has 1 fully saturated rings. The molecule has 6 heteroatoms. The Morgan fingerprint density at radius 2 is 1.86 bits per heavy atom. The standard InChI is InChI=1S/C22H20FN3O2/c1-22-20-16(15-7-3-5-9-18(15)24-20)10-11-26(22)19(27)13-25(21(22)28)12-14-6-2-4-8-17(14)23/h2-9,24H,10-13H2,1H3/t22-/m1/s1. The van der Waals surface area contributed by atoms with Gasteiger partial charge in [-0.2, -0.15) is 0 Å². The maximum Gasteiger partial charge on any atom is 0.255 e. The summed E-state index contributed by atoms with van der Waals surface area (Å²) in [7, 11) is 0. The van der Waals surface area contributed by atoms with Gasteiger partial charge in [-0.1, -0.05) is 36.4 Å². The summed E-state index contributed by atoms with van der Waals surface area (Å²) < 4.78 is 14.1. The summed E-state index contributed by atoms with van der Waals surface area (Å²) in [5.74, 6) is -0.657. The highest BCUT2D eigenvalue weighted by molar-refractivity contribution is 6.00. The monoisotopic (exact) mass is 377 g/mol. The maximum atomic E-state index is 14.1. The van der Waals surface area contributed by atoms with Gasteiger partial charge in [0, 0.05) is 29.6 Å². The van der Waals surface area contributed by atoms with Crippen molar-refractivity contribution in [2.24, 2.45) is 0 Å². The van der Waals surface area contributed by atoms with Gasteiger partial charge in [0.2, 0.25) is 5.91 Å². The molecule has 1 aromatic heterocycles. The van der Waals surface area contributed by atoms with E-state index in [2.05, 4.69) is 4.98 Å². The minimum atomic E-state index is -1.10. The first-order chi connectivity index (χ1) is 13.5. The number of hydrogen-bond acceptors (Lipinski definition) is 2. The van der Waals surface area contributed by atoms with E-state index in [1.54, 1.807) is 30.0 Å². The van der Waals surface area contributed by atoms with Crippen molar-refractivity contribution in [1.29, 1.82) is 0 Å². The molecule has 0 spiro atoms. The molecule has 0 aliphatic carbocycles. The summed E-state index contributed by atoms with van der Waals surface area (Å²) >= 11 is 0. The van der Waals surface area contributed by atoms with Gasteiger partial charge in [0.15, 0.2) is 5.54 Å². The molecule has 142 valence electrons. The number of aromatic nitrogens is 1. The smallest absolute Gasteiger partial charge is 0.255 e. The number of amides is 2. The van der Waals surface area contributed by atoms with Crippen LogP contribution in [0.25, 0.3) is 10.9 Å². The number of carbonyl (C=O) groups excluding carboxylic acids is 2. The van der Waals surface area contributed by atoms with E-state index in [-0.39, 0.29) is 30.7 Å². The molecule has 2 amide bonds. The summed E-state index contributed by atoms with van der Waals surface area (Å²) in [6.45, 7) is 2.35. The lowest BCUT2D eigenvalue weighted by Gasteiger charge is -2.49. The van der Waals surface area contributed by atoms with Crippen molar-refractivity contribution in [3.63, 3.8) is 0 Å². The van der Waals surface area contributed by atoms with E-state index >= 15 is 0 Å². The average molecular weight is 377 g/mol. The van der Waals surface area contributed by atoms with Gasteiger partial charge in [-0.05, 0) is 31.0 Å². The molecular weight excluding hydrogens is 357 g/mol. The lowest BCUT2D eigenvalue weighted by molar-refractivity contribution is -0.166. The van der Waals surface area contributed by atoms with Gasteiger partial charge in [-0.25, -0.2) is 4.39 Å². The van der Waals surface area contributed by atoms with Gasteiger partial charge in [-0.3, -0.25) is 9.59 Å². The molecule has 0 unspecified atom stereocenters. The molecule has 3 aromatic rings. The Bertz CT molecular complexity index is 1120. The minimum Gasteiger partial charge on any atom is -0.356 e. The third kappa shape index (κ3) is 2.24. The first-order valence-electron chi connectivity index (χ1n) is 9.43. The molecule has 0 saturated carbocycles. The number of nitrogens with one attached hydrogen (secondary N) is 1. The second-order valence-corrected chi connectivity index (χ2v) is 7.64. The van der Waals surface area contributed by atoms with E-state index in [1.807, 2.05) is 24.3 Å². The van der Waals surface area contributed by atoms with Crippen LogP contribution in [0.2, 0.25) is 0 Å². The first kappa shape index (κ1) is 17.0. The van der Waals surface area contributed by atoms with E-state index in [9.17, 15) is 14.0 Å². The third-order valence-electron chi connectivity index (χ3n) is 6.08. The predicted octanol–water partition coefficient (Wildman–Crippen LogP) is 2.95. The van der Waals surface area contributed by atoms with E-state index in [0.717, 1.165) is 22.2 Å². The predicted molar refractivity (Wildman–Crippen MR) is 103 cm³/mol. The lowest BCUT2D eigenvalue weighted by Crippen LogP contribution is -2.66. The summed E-state index contributed by atoms with van der Waals surface area (Å²) in [6, 6.07) is 14.3. The molecule has 3 heterocycles. The normalized spacial score (nSPS) is 21.8. The van der Waals surface area contributed by atoms with E-state index in [0.29, 0.717) is 18.5 Å². The number of fused-ring (bicyclic) bond motifs is 5. The molecule has 5 nitrogen and oxygen atoms in total. The van der Waals surface area contributed by atoms with Crippen LogP contribution in [0.4, 0.5) is 4.39 Å². The van der Waals surface area contributed by atoms with E-state index in [1.165, 1.54) is 11.0 Å². The van der Waals surface area contributed by atoms with Crippen molar-refractivity contribution in [2.75, 3.05) is 13.1 Å². The number of aromatic amines is 1. The van der Waals surface area contributed by atoms with Crippen molar-refractivity contribution in [2.45, 2.75) is 25.4 Å². The van der Waals surface area contributed by atoms with Crippen LogP contribution in [0.1, 0.15) is 23.7 Å². The lowest BCUT2D eigenvalue weighted by atomic mass is 9.83. The SMILES string of the molecule is C[C@@]12C(=O)N(Cc3ccccc3F)CC(=O)N1CCc1c2[nH]c2ccccc12. The van der Waals surface area contributed by atoms with Crippen LogP contribution in [0.3, 0.4) is 0 Å². The average Bonchev–Trinajstić information content (AvgIpc) is 3.08. The molecule has 0 bridgehead atoms. The highest BCUT2D eigenvalue weighted by atomic mass is 19.1. The van der Waals surface area contributed by atoms with Gasteiger partial charge >= 0.3 is 0 Å². The summed E-state index contributed by atoms with van der Waals surface area (Å²) in [4.78, 5) is 33.0. The molecule has 2 aromatic carbocycles. The molecule has 28 heavy (non-hydrogen) atoms. The van der Waals surface area contributed by atoms with Crippen molar-refractivity contribution in [3.05, 3.63) is 71.2 Å². The third-order valence-corrected chi connectivity index (χ3v) is 6.08. The summed E-state index contributed by atoms with van der Waals surface area (Å²) in [5, 5.41) is 1.09. The van der Waals surface area contributed by atoms with Crippen LogP contribution in [0.5, 0.6) is 0 Å². The minimum absolute atomic E-state index is 0.0294. The Hall–Kier alpha value is -3.15. The Labute approximate surface area is 161 Å². The molecule has 1 saturated heterocycles. The second-order valence-electron chi connectivity index (χ2n) is 7.64. The van der Waals surface area contributed by atoms with Crippen LogP contribution >= 0.6 is 0 Å². The van der Waals surface area contributed by atoms with Gasteiger partial charge in [0.05, 0.1) is 5.69 Å². The zero-order valence-electron chi connectivity index (χ0n) is 15.5. The molecule has 2 aliphatic rings. The van der Waals surface area contributed by atoms with Crippen LogP contribution in [-0.4, -0.2) is 39.7 Å². The van der Waals surface area contributed by atoms with Gasteiger partial charge in [-0.15, -0.1) is 0 Å². The number of benzene rings is 2. The van der Waals surface area contributed by atoms with Gasteiger partial charge in [0.1, 0.15) is 12.4 Å². The summed E-state index contributed by atoms with van der Waals surface area (Å²) in [5.41, 5.74) is 2.13. The molecule has 1 atom stereocenters. The number of nitrogens with zero attached hydrogens (tertiary/aromatic N) is 2. The Balaban J connectivity index is 1.60. The fourth-order valence-corrected chi connectivity index (χ4v) is 4.64. The second kappa shape index (κ2) is 5.92. The van der Waals surface area contributed by atoms with Gasteiger partial charge < -0.3 is 14.8 Å². The first-order valence-corrected chi connectivity index (χ1v) is 9.43. The van der Waals surface area contributed by atoms with Crippen molar-refractivity contribution >= 4 is 22.7 Å². The highest BCUT2D eigenvalue weighted by Crippen LogP contribution is 2.42. The van der Waals surface area contributed by atoms with E-state index < -0.39 is 5.54 Å². The molecule has 2 aliphatic heterocycles. The molecule has 5 rings (SSSR count). The van der Waals surface area contributed by atoms with Gasteiger partial charge in [0.25, 0.3) is 5.91 Å². The van der Waals surface area contributed by atoms with Crippen molar-refractivity contribution in [1.82, 2.24) is 14.8 Å². The highest BCUT2D eigenvalue weighted by Gasteiger charge is 2.54. The fourth-order valence-electron chi connectivity index (χ4n) is 4.64. The number of para-hydroxylation sites is 1. The quantitative estimate of drug-likeness (QED) is 0.747. The largest absolute Gasteiger partial charge is 0.356 e. The maximum absolute atomic E-state index is 14.1. The topological polar surface area (TPSA) is 56.4 Å². The Morgan fingerprint density at radius 3 is 2.68 bits per heavy atom. The fraction of sp³-hybridized carbons (Fsp3) is 0.273. The number of carbonyl (C=O) groups is 2. The number of hydrogen-bond donors (Lipinski definition) is 1. The van der Waals surface area contributed by atoms with Crippen LogP contribution < -0.4 is 0 Å².